The summed E-state index contributed by atoms with van der Waals surface area (Å²) in [6.07, 6.45) is -3.44. The molecule has 0 unspecified atom stereocenters. The molecule has 0 bridgehead atoms. The lowest BCUT2D eigenvalue weighted by atomic mass is 10.2. The van der Waals surface area contributed by atoms with E-state index in [4.69, 9.17) is 0 Å². The average molecular weight is 224 g/mol. The van der Waals surface area contributed by atoms with Gasteiger partial charge in [-0.15, -0.1) is 0 Å². The van der Waals surface area contributed by atoms with E-state index in [1.807, 2.05) is 0 Å². The largest absolute Gasteiger partial charge is 0.471 e. The predicted octanol–water partition coefficient (Wildman–Crippen LogP) is 1.10. The van der Waals surface area contributed by atoms with Crippen molar-refractivity contribution >= 4 is 5.91 Å². The zero-order valence-electron chi connectivity index (χ0n) is 8.84. The average Bonchev–Trinajstić information content (AvgIpc) is 2.48. The zero-order chi connectivity index (χ0) is 11.6. The maximum Gasteiger partial charge on any atom is 0.471 e. The highest BCUT2D eigenvalue weighted by Crippen LogP contribution is 2.25. The van der Waals surface area contributed by atoms with Crippen molar-refractivity contribution in [3.63, 3.8) is 0 Å². The second-order valence-electron chi connectivity index (χ2n) is 4.05. The molecule has 1 heterocycles. The highest BCUT2D eigenvalue weighted by atomic mass is 19.4. The van der Waals surface area contributed by atoms with Gasteiger partial charge in [0.2, 0.25) is 0 Å². The summed E-state index contributed by atoms with van der Waals surface area (Å²) in [5.74, 6) is -1.70. The van der Waals surface area contributed by atoms with E-state index < -0.39 is 12.1 Å². The Labute approximate surface area is 86.8 Å². The third-order valence-electron chi connectivity index (χ3n) is 2.46. The van der Waals surface area contributed by atoms with Crippen LogP contribution in [0.2, 0.25) is 0 Å². The number of rotatable bonds is 2. The summed E-state index contributed by atoms with van der Waals surface area (Å²) >= 11 is 0. The van der Waals surface area contributed by atoms with Gasteiger partial charge in [0.25, 0.3) is 0 Å². The highest BCUT2D eigenvalue weighted by molar-refractivity contribution is 5.82. The summed E-state index contributed by atoms with van der Waals surface area (Å²) < 4.78 is 36.6. The molecule has 1 rings (SSSR count). The Balaban J connectivity index is 2.64. The molecule has 1 amide bonds. The molecule has 0 aromatic rings. The van der Waals surface area contributed by atoms with Gasteiger partial charge in [0.1, 0.15) is 0 Å². The van der Waals surface area contributed by atoms with E-state index in [9.17, 15) is 18.0 Å². The van der Waals surface area contributed by atoms with Crippen LogP contribution < -0.4 is 0 Å². The smallest absolute Gasteiger partial charge is 0.331 e. The lowest BCUT2D eigenvalue weighted by Gasteiger charge is -2.27. The van der Waals surface area contributed by atoms with E-state index in [1.165, 1.54) is 0 Å². The van der Waals surface area contributed by atoms with Crippen molar-refractivity contribution in [2.75, 3.05) is 27.2 Å². The number of amides is 1. The molecule has 1 fully saturated rings. The Morgan fingerprint density at radius 2 is 2.07 bits per heavy atom. The normalized spacial score (nSPS) is 22.5. The Morgan fingerprint density at radius 1 is 1.47 bits per heavy atom. The van der Waals surface area contributed by atoms with Crippen molar-refractivity contribution in [2.45, 2.75) is 25.1 Å². The van der Waals surface area contributed by atoms with Gasteiger partial charge in [0, 0.05) is 19.1 Å². The Morgan fingerprint density at radius 3 is 2.53 bits per heavy atom. The van der Waals surface area contributed by atoms with Gasteiger partial charge in [-0.3, -0.25) is 4.79 Å². The Kier molecular flexibility index (Phi) is 3.59. The Bertz CT molecular complexity index is 240. The molecule has 3 nitrogen and oxygen atoms in total. The van der Waals surface area contributed by atoms with Crippen LogP contribution in [0.3, 0.4) is 0 Å². The lowest BCUT2D eigenvalue weighted by Crippen LogP contribution is -2.47. The van der Waals surface area contributed by atoms with Gasteiger partial charge in [-0.05, 0) is 26.9 Å². The molecular formula is C9H15F3N2O. The second-order valence-corrected chi connectivity index (χ2v) is 4.05. The van der Waals surface area contributed by atoms with Crippen LogP contribution in [0.5, 0.6) is 0 Å². The lowest BCUT2D eigenvalue weighted by molar-refractivity contribution is -0.186. The molecule has 1 aliphatic rings. The highest BCUT2D eigenvalue weighted by Gasteiger charge is 2.45. The minimum Gasteiger partial charge on any atom is -0.331 e. The molecule has 0 spiro atoms. The van der Waals surface area contributed by atoms with Crippen molar-refractivity contribution in [3.8, 4) is 0 Å². The first-order valence-corrected chi connectivity index (χ1v) is 4.85. The molecule has 88 valence electrons. The van der Waals surface area contributed by atoms with Gasteiger partial charge in [0.15, 0.2) is 0 Å². The van der Waals surface area contributed by atoms with Crippen molar-refractivity contribution in [3.05, 3.63) is 0 Å². The van der Waals surface area contributed by atoms with Crippen LogP contribution in [0, 0.1) is 0 Å². The van der Waals surface area contributed by atoms with Gasteiger partial charge in [-0.25, -0.2) is 0 Å². The van der Waals surface area contributed by atoms with Crippen molar-refractivity contribution in [1.29, 1.82) is 0 Å². The monoisotopic (exact) mass is 224 g/mol. The standard InChI is InChI=1S/C9H15F3N2O/c1-13(2)6-7-4-3-5-14(7)8(15)9(10,11)12/h7H,3-6H2,1-2H3/t7-/m1/s1. The first-order chi connectivity index (χ1) is 6.82. The second kappa shape index (κ2) is 4.38. The fourth-order valence-corrected chi connectivity index (χ4v) is 1.88. The Hall–Kier alpha value is -0.780. The summed E-state index contributed by atoms with van der Waals surface area (Å²) in [5, 5.41) is 0. The molecule has 15 heavy (non-hydrogen) atoms. The van der Waals surface area contributed by atoms with Crippen molar-refractivity contribution < 1.29 is 18.0 Å². The van der Waals surface area contributed by atoms with Crippen LogP contribution in [0.4, 0.5) is 13.2 Å². The van der Waals surface area contributed by atoms with E-state index in [0.29, 0.717) is 19.4 Å². The predicted molar refractivity (Wildman–Crippen MR) is 49.3 cm³/mol. The molecular weight excluding hydrogens is 209 g/mol. The number of carbonyl (C=O) groups is 1. The number of likely N-dealkylation sites (tertiary alicyclic amines) is 1. The van der Waals surface area contributed by atoms with Crippen LogP contribution >= 0.6 is 0 Å². The van der Waals surface area contributed by atoms with Crippen molar-refractivity contribution in [1.82, 2.24) is 9.80 Å². The quantitative estimate of drug-likeness (QED) is 0.701. The molecule has 0 saturated carbocycles. The number of likely N-dealkylation sites (N-methyl/N-ethyl adjacent to an activating group) is 1. The number of carbonyl (C=O) groups excluding carboxylic acids is 1. The minimum absolute atomic E-state index is 0.219. The maximum atomic E-state index is 12.2. The molecule has 1 aliphatic heterocycles. The molecule has 6 heteroatoms. The minimum atomic E-state index is -4.74. The van der Waals surface area contributed by atoms with Crippen LogP contribution in [0.1, 0.15) is 12.8 Å². The van der Waals surface area contributed by atoms with Gasteiger partial charge in [0.05, 0.1) is 0 Å². The molecule has 0 aromatic carbocycles. The number of hydrogen-bond acceptors (Lipinski definition) is 2. The van der Waals surface area contributed by atoms with Crippen LogP contribution in [0.15, 0.2) is 0 Å². The topological polar surface area (TPSA) is 23.6 Å². The van der Waals surface area contributed by atoms with Gasteiger partial charge >= 0.3 is 12.1 Å². The SMILES string of the molecule is CN(C)C[C@H]1CCCN1C(=O)C(F)(F)F. The summed E-state index contributed by atoms with van der Waals surface area (Å²) in [6.45, 7) is 0.707. The summed E-state index contributed by atoms with van der Waals surface area (Å²) in [4.78, 5) is 13.8. The molecule has 0 N–H and O–H groups in total. The third kappa shape index (κ3) is 3.09. The summed E-state index contributed by atoms with van der Waals surface area (Å²) in [7, 11) is 3.57. The molecule has 1 atom stereocenters. The molecule has 1 saturated heterocycles. The van der Waals surface area contributed by atoms with Crippen LogP contribution in [0.25, 0.3) is 0 Å². The third-order valence-corrected chi connectivity index (χ3v) is 2.46. The zero-order valence-corrected chi connectivity index (χ0v) is 8.84. The molecule has 0 aromatic heterocycles. The number of nitrogens with zero attached hydrogens (tertiary/aromatic N) is 2. The van der Waals surface area contributed by atoms with Gasteiger partial charge in [-0.1, -0.05) is 0 Å². The van der Waals surface area contributed by atoms with E-state index in [0.717, 1.165) is 4.90 Å². The van der Waals surface area contributed by atoms with Crippen molar-refractivity contribution in [2.24, 2.45) is 0 Å². The number of hydrogen-bond donors (Lipinski definition) is 0. The van der Waals surface area contributed by atoms with E-state index in [-0.39, 0.29) is 12.6 Å². The van der Waals surface area contributed by atoms with Gasteiger partial charge in [-0.2, -0.15) is 13.2 Å². The first kappa shape index (κ1) is 12.3. The fourth-order valence-electron chi connectivity index (χ4n) is 1.88. The van der Waals surface area contributed by atoms with Crippen LogP contribution in [-0.4, -0.2) is 55.1 Å². The van der Waals surface area contributed by atoms with Crippen LogP contribution in [-0.2, 0) is 4.79 Å². The van der Waals surface area contributed by atoms with E-state index >= 15 is 0 Å². The molecule has 0 radical (unpaired) electrons. The summed E-state index contributed by atoms with van der Waals surface area (Å²) in [6, 6.07) is -0.297. The summed E-state index contributed by atoms with van der Waals surface area (Å²) in [5.41, 5.74) is 0. The molecule has 0 aliphatic carbocycles. The number of halogens is 3. The fraction of sp³-hybridized carbons (Fsp3) is 0.889. The van der Waals surface area contributed by atoms with Gasteiger partial charge < -0.3 is 9.80 Å². The number of alkyl halides is 3. The maximum absolute atomic E-state index is 12.2. The van der Waals surface area contributed by atoms with E-state index in [1.54, 1.807) is 19.0 Å². The van der Waals surface area contributed by atoms with E-state index in [2.05, 4.69) is 0 Å². The first-order valence-electron chi connectivity index (χ1n) is 4.85.